The van der Waals surface area contributed by atoms with Crippen molar-refractivity contribution in [2.75, 3.05) is 0 Å². The Morgan fingerprint density at radius 1 is 1.17 bits per heavy atom. The second kappa shape index (κ2) is 2.44. The summed E-state index contributed by atoms with van der Waals surface area (Å²) in [5.74, 6) is -1.49. The smallest absolute Gasteiger partial charge is 0.306 e. The number of carbonyl (C=O) groups is 1. The van der Waals surface area contributed by atoms with Gasteiger partial charge in [0.2, 0.25) is 0 Å². The van der Waals surface area contributed by atoms with Gasteiger partial charge in [0.05, 0.1) is 18.1 Å². The van der Waals surface area contributed by atoms with E-state index in [0.29, 0.717) is 12.8 Å². The van der Waals surface area contributed by atoms with Crippen molar-refractivity contribution in [1.29, 1.82) is 0 Å². The molecule has 0 amide bonds. The van der Waals surface area contributed by atoms with E-state index in [9.17, 15) is 15.0 Å². The van der Waals surface area contributed by atoms with Crippen LogP contribution in [0.15, 0.2) is 0 Å². The number of aliphatic hydroxyl groups is 2. The first kappa shape index (κ1) is 8.01. The van der Waals surface area contributed by atoms with E-state index in [1.165, 1.54) is 0 Å². The highest BCUT2D eigenvalue weighted by Gasteiger charge is 2.53. The molecule has 2 aliphatic rings. The quantitative estimate of drug-likeness (QED) is 0.496. The zero-order valence-corrected chi connectivity index (χ0v) is 6.55. The van der Waals surface area contributed by atoms with Gasteiger partial charge < -0.3 is 15.3 Å². The molecule has 0 aromatic carbocycles. The van der Waals surface area contributed by atoms with Crippen molar-refractivity contribution in [3.8, 4) is 0 Å². The second-order valence-corrected chi connectivity index (χ2v) is 3.82. The summed E-state index contributed by atoms with van der Waals surface area (Å²) in [7, 11) is 0. The summed E-state index contributed by atoms with van der Waals surface area (Å²) in [6.45, 7) is 0. The third kappa shape index (κ3) is 0.881. The lowest BCUT2D eigenvalue weighted by Crippen LogP contribution is -2.39. The van der Waals surface area contributed by atoms with Crippen LogP contribution in [0.4, 0.5) is 0 Å². The summed E-state index contributed by atoms with van der Waals surface area (Å²) in [4.78, 5) is 10.7. The first-order valence-electron chi connectivity index (χ1n) is 4.20. The van der Waals surface area contributed by atoms with Gasteiger partial charge in [0.25, 0.3) is 0 Å². The number of aliphatic carboxylic acids is 1. The molecule has 0 aromatic rings. The average Bonchev–Trinajstić information content (AvgIpc) is 2.53. The Morgan fingerprint density at radius 2 is 1.83 bits per heavy atom. The van der Waals surface area contributed by atoms with Crippen LogP contribution < -0.4 is 0 Å². The zero-order chi connectivity index (χ0) is 8.88. The molecule has 0 aromatic heterocycles. The van der Waals surface area contributed by atoms with Crippen LogP contribution in [0.3, 0.4) is 0 Å². The lowest BCUT2D eigenvalue weighted by atomic mass is 9.85. The molecular weight excluding hydrogens is 160 g/mol. The molecule has 2 fully saturated rings. The molecule has 2 rings (SSSR count). The predicted octanol–water partition coefficient (Wildman–Crippen LogP) is -0.551. The maximum absolute atomic E-state index is 10.7. The van der Waals surface area contributed by atoms with Crippen molar-refractivity contribution >= 4 is 5.97 Å². The molecule has 4 nitrogen and oxygen atoms in total. The van der Waals surface area contributed by atoms with E-state index in [-0.39, 0.29) is 11.8 Å². The normalized spacial score (nSPS) is 51.3. The Labute approximate surface area is 69.8 Å². The molecule has 5 atom stereocenters. The van der Waals surface area contributed by atoms with Crippen molar-refractivity contribution in [1.82, 2.24) is 0 Å². The highest BCUT2D eigenvalue weighted by Crippen LogP contribution is 2.48. The number of hydrogen-bond donors (Lipinski definition) is 3. The minimum absolute atomic E-state index is 0.00565. The molecule has 3 N–H and O–H groups in total. The molecule has 2 aliphatic carbocycles. The van der Waals surface area contributed by atoms with Crippen LogP contribution >= 0.6 is 0 Å². The maximum Gasteiger partial charge on any atom is 0.306 e. The van der Waals surface area contributed by atoms with E-state index < -0.39 is 24.1 Å². The summed E-state index contributed by atoms with van der Waals surface area (Å²) in [6, 6.07) is 0. The number of hydrogen-bond acceptors (Lipinski definition) is 3. The zero-order valence-electron chi connectivity index (χ0n) is 6.55. The molecule has 0 heterocycles. The van der Waals surface area contributed by atoms with Crippen LogP contribution in [0.25, 0.3) is 0 Å². The number of rotatable bonds is 1. The van der Waals surface area contributed by atoms with Gasteiger partial charge in [0, 0.05) is 5.92 Å². The van der Waals surface area contributed by atoms with Crippen LogP contribution in [0.2, 0.25) is 0 Å². The molecule has 0 saturated heterocycles. The lowest BCUT2D eigenvalue weighted by molar-refractivity contribution is -0.147. The van der Waals surface area contributed by atoms with Gasteiger partial charge in [0.1, 0.15) is 0 Å². The first-order chi connectivity index (χ1) is 5.61. The summed E-state index contributed by atoms with van der Waals surface area (Å²) in [6.07, 6.45) is -0.312. The first-order valence-corrected chi connectivity index (χ1v) is 4.20. The largest absolute Gasteiger partial charge is 0.481 e. The van der Waals surface area contributed by atoms with Gasteiger partial charge in [-0.2, -0.15) is 0 Å². The van der Waals surface area contributed by atoms with Gasteiger partial charge in [-0.1, -0.05) is 0 Å². The second-order valence-electron chi connectivity index (χ2n) is 3.82. The number of carboxylic acids is 1. The van der Waals surface area contributed by atoms with Gasteiger partial charge in [-0.15, -0.1) is 0 Å². The van der Waals surface area contributed by atoms with E-state index in [4.69, 9.17) is 5.11 Å². The van der Waals surface area contributed by atoms with Crippen molar-refractivity contribution in [2.45, 2.75) is 25.0 Å². The van der Waals surface area contributed by atoms with Crippen LogP contribution in [-0.4, -0.2) is 33.5 Å². The van der Waals surface area contributed by atoms with E-state index >= 15 is 0 Å². The molecular formula is C8H12O4. The minimum atomic E-state index is -0.839. The Morgan fingerprint density at radius 3 is 2.25 bits per heavy atom. The fourth-order valence-corrected chi connectivity index (χ4v) is 2.58. The number of aliphatic hydroxyl groups excluding tert-OH is 2. The molecule has 4 heteroatoms. The number of fused-ring (bicyclic) bond motifs is 2. The Bertz CT molecular complexity index is 213. The fraction of sp³-hybridized carbons (Fsp3) is 0.875. The molecule has 12 heavy (non-hydrogen) atoms. The van der Waals surface area contributed by atoms with Crippen molar-refractivity contribution < 1.29 is 20.1 Å². The van der Waals surface area contributed by atoms with E-state index in [0.717, 1.165) is 0 Å². The molecule has 68 valence electrons. The Balaban J connectivity index is 2.15. The van der Waals surface area contributed by atoms with Gasteiger partial charge in [-0.05, 0) is 18.8 Å². The van der Waals surface area contributed by atoms with Crippen molar-refractivity contribution in [2.24, 2.45) is 17.8 Å². The maximum atomic E-state index is 10.7. The molecule has 5 unspecified atom stereocenters. The molecule has 0 spiro atoms. The van der Waals surface area contributed by atoms with Gasteiger partial charge in [0.15, 0.2) is 0 Å². The Hall–Kier alpha value is -0.610. The number of carboxylic acid groups (broad SMARTS) is 1. The van der Waals surface area contributed by atoms with Crippen LogP contribution in [-0.2, 0) is 4.79 Å². The third-order valence-electron chi connectivity index (χ3n) is 3.24. The molecule has 0 radical (unpaired) electrons. The topological polar surface area (TPSA) is 77.8 Å². The summed E-state index contributed by atoms with van der Waals surface area (Å²) in [5.41, 5.74) is 0. The van der Waals surface area contributed by atoms with Crippen LogP contribution in [0.5, 0.6) is 0 Å². The van der Waals surface area contributed by atoms with Gasteiger partial charge >= 0.3 is 5.97 Å². The van der Waals surface area contributed by atoms with Crippen LogP contribution in [0, 0.1) is 17.8 Å². The Kier molecular flexibility index (Phi) is 1.63. The van der Waals surface area contributed by atoms with E-state index in [2.05, 4.69) is 0 Å². The summed E-state index contributed by atoms with van der Waals surface area (Å²) < 4.78 is 0. The summed E-state index contributed by atoms with van der Waals surface area (Å²) >= 11 is 0. The van der Waals surface area contributed by atoms with Crippen molar-refractivity contribution in [3.63, 3.8) is 0 Å². The average molecular weight is 172 g/mol. The van der Waals surface area contributed by atoms with Gasteiger partial charge in [-0.25, -0.2) is 0 Å². The predicted molar refractivity (Wildman–Crippen MR) is 39.4 cm³/mol. The third-order valence-corrected chi connectivity index (χ3v) is 3.24. The highest BCUT2D eigenvalue weighted by molar-refractivity contribution is 5.71. The molecule has 2 saturated carbocycles. The summed E-state index contributed by atoms with van der Waals surface area (Å²) in [5, 5.41) is 27.5. The highest BCUT2D eigenvalue weighted by atomic mass is 16.4. The van der Waals surface area contributed by atoms with E-state index in [1.54, 1.807) is 0 Å². The lowest BCUT2D eigenvalue weighted by Gasteiger charge is -2.26. The standard InChI is InChI=1S/C8H12O4/c9-6-3-1-4(7(6)10)5(2-3)8(11)12/h3-7,9-10H,1-2H2,(H,11,12). The fourth-order valence-electron chi connectivity index (χ4n) is 2.58. The van der Waals surface area contributed by atoms with Gasteiger partial charge in [-0.3, -0.25) is 4.79 Å². The monoisotopic (exact) mass is 172 g/mol. The van der Waals surface area contributed by atoms with Crippen LogP contribution in [0.1, 0.15) is 12.8 Å². The minimum Gasteiger partial charge on any atom is -0.481 e. The molecule has 2 bridgehead atoms. The SMILES string of the molecule is O=C(O)C1CC2CC1C(O)C2O. The van der Waals surface area contributed by atoms with Crippen molar-refractivity contribution in [3.05, 3.63) is 0 Å². The van der Waals surface area contributed by atoms with E-state index in [1.807, 2.05) is 0 Å². The molecule has 0 aliphatic heterocycles.